The molecule has 5 rings (SSSR count). The molecule has 532 valence electrons. The summed E-state index contributed by atoms with van der Waals surface area (Å²) in [7, 11) is 0. The Morgan fingerprint density at radius 1 is 0.624 bits per heavy atom. The number of fused-ring (bicyclic) bond motifs is 2. The number of carbonyl (C=O) groups excluding carboxylic acids is 2. The van der Waals surface area contributed by atoms with Crippen molar-refractivity contribution in [3.8, 4) is 0 Å². The van der Waals surface area contributed by atoms with Crippen LogP contribution in [0.5, 0.6) is 0 Å². The van der Waals surface area contributed by atoms with E-state index in [0.29, 0.717) is 13.1 Å². The number of allylic oxidation sites excluding steroid dienone is 12. The molecule has 0 radical (unpaired) electrons. The highest BCUT2D eigenvalue weighted by molar-refractivity contribution is 5.80. The first-order chi connectivity index (χ1) is 44.0. The maximum atomic E-state index is 14.1. The molecule has 2 bridgehead atoms. The summed E-state index contributed by atoms with van der Waals surface area (Å²) in [5.74, 6) is -8.84. The van der Waals surface area contributed by atoms with Crippen LogP contribution >= 0.6 is 0 Å². The van der Waals surface area contributed by atoms with Gasteiger partial charge >= 0.3 is 5.97 Å². The Balaban J connectivity index is 1.42. The van der Waals surface area contributed by atoms with Gasteiger partial charge in [0.05, 0.1) is 105 Å². The van der Waals surface area contributed by atoms with Gasteiger partial charge in [0.1, 0.15) is 54.9 Å². The number of nitrogens with one attached hydrogen (secondary N) is 3. The molecule has 5 aliphatic heterocycles. The predicted molar refractivity (Wildman–Crippen MR) is 330 cm³/mol. The SMILES string of the molecule is CC1[C@H](C)OC(=O)C[C@H](O)C[C@H](O)CC[C@@H](O)[C@H](O)C[C@H](O)C[C@]2(O)C[C@H](O)C(C(=O)NCCNCCN)C(C[C@@H](OC3O[C@H](C)[C@@H](O)[C@H](NC[C@@]4(O)OC[C@@H](O)[C@@H](OC5O[C@H](CO)[C@H](O)[C@H](O)[C@H]5O)[C@@H]4O)[C@@H]3O)C=CC=CC=CC=CC=CC=CC=C[C@H](C)[C@H]1O)O2. The first kappa shape index (κ1) is 79.8. The number of cyclic esters (lactones) is 1. The lowest BCUT2D eigenvalue weighted by Crippen LogP contribution is -2.70. The van der Waals surface area contributed by atoms with Crippen LogP contribution in [-0.2, 0) is 42.7 Å². The molecule has 0 aromatic heterocycles. The molecule has 0 saturated carbocycles. The van der Waals surface area contributed by atoms with Gasteiger partial charge in [-0.15, -0.1) is 0 Å². The zero-order valence-electron chi connectivity index (χ0n) is 53.1. The minimum atomic E-state index is -2.68. The maximum absolute atomic E-state index is 14.1. The Hall–Kier alpha value is -3.92. The minimum Gasteiger partial charge on any atom is -0.462 e. The van der Waals surface area contributed by atoms with Crippen molar-refractivity contribution >= 4 is 11.9 Å². The van der Waals surface area contributed by atoms with Gasteiger partial charge in [0, 0.05) is 63.7 Å². The maximum Gasteiger partial charge on any atom is 0.308 e. The topological polar surface area (TPSA) is 505 Å². The first-order valence-electron chi connectivity index (χ1n) is 31.8. The molecule has 0 aliphatic carbocycles. The monoisotopic (exact) mass is 1330 g/mol. The smallest absolute Gasteiger partial charge is 0.308 e. The molecule has 4 fully saturated rings. The summed E-state index contributed by atoms with van der Waals surface area (Å²) in [4.78, 5) is 26.9. The van der Waals surface area contributed by atoms with Crippen LogP contribution in [0.3, 0.4) is 0 Å². The lowest BCUT2D eigenvalue weighted by Gasteiger charge is -2.48. The van der Waals surface area contributed by atoms with Crippen molar-refractivity contribution in [1.29, 1.82) is 0 Å². The number of hydrogen-bond donors (Lipinski definition) is 21. The third kappa shape index (κ3) is 24.2. The fourth-order valence-electron chi connectivity index (χ4n) is 11.6. The van der Waals surface area contributed by atoms with Crippen molar-refractivity contribution in [2.24, 2.45) is 23.5 Å². The molecule has 30 nitrogen and oxygen atoms in total. The number of amides is 1. The first-order valence-corrected chi connectivity index (χ1v) is 31.8. The molecule has 30 heteroatoms. The van der Waals surface area contributed by atoms with E-state index in [-0.39, 0.29) is 38.3 Å². The highest BCUT2D eigenvalue weighted by atomic mass is 16.7. The van der Waals surface area contributed by atoms with Gasteiger partial charge in [-0.3, -0.25) is 9.59 Å². The van der Waals surface area contributed by atoms with E-state index < -0.39 is 228 Å². The van der Waals surface area contributed by atoms with Crippen molar-refractivity contribution in [3.05, 3.63) is 85.1 Å². The second-order valence-electron chi connectivity index (χ2n) is 24.9. The number of carbonyl (C=O) groups is 2. The van der Waals surface area contributed by atoms with Gasteiger partial charge in [0.25, 0.3) is 0 Å². The molecular weight excluding hydrogens is 1230 g/mol. The Morgan fingerprint density at radius 3 is 1.88 bits per heavy atom. The summed E-state index contributed by atoms with van der Waals surface area (Å²) >= 11 is 0. The molecule has 22 N–H and O–H groups in total. The molecule has 1 amide bonds. The number of hydrogen-bond acceptors (Lipinski definition) is 29. The van der Waals surface area contributed by atoms with E-state index in [1.807, 2.05) is 6.92 Å². The van der Waals surface area contributed by atoms with Gasteiger partial charge in [0.2, 0.25) is 11.7 Å². The van der Waals surface area contributed by atoms with Crippen molar-refractivity contribution in [1.82, 2.24) is 16.0 Å². The molecule has 28 atom stereocenters. The van der Waals surface area contributed by atoms with Gasteiger partial charge in [0.15, 0.2) is 18.4 Å². The Labute approximate surface area is 541 Å². The van der Waals surface area contributed by atoms with Crippen molar-refractivity contribution in [2.75, 3.05) is 45.9 Å². The van der Waals surface area contributed by atoms with E-state index >= 15 is 0 Å². The Kier molecular flexibility index (Phi) is 33.3. The van der Waals surface area contributed by atoms with Crippen LogP contribution in [0.2, 0.25) is 0 Å². The van der Waals surface area contributed by atoms with Crippen molar-refractivity contribution < 1.29 is 130 Å². The molecule has 0 spiro atoms. The van der Waals surface area contributed by atoms with Crippen LogP contribution in [0, 0.1) is 17.8 Å². The summed E-state index contributed by atoms with van der Waals surface area (Å²) in [6, 6.07) is -1.48. The molecule has 4 saturated heterocycles. The van der Waals surface area contributed by atoms with E-state index in [0.717, 1.165) is 0 Å². The van der Waals surface area contributed by atoms with E-state index in [2.05, 4.69) is 16.0 Å². The lowest BCUT2D eigenvalue weighted by atomic mass is 9.82. The predicted octanol–water partition coefficient (Wildman–Crippen LogP) is -5.45. The normalized spacial score (nSPS) is 43.0. The van der Waals surface area contributed by atoms with Crippen LogP contribution in [-0.4, -0.2) is 297 Å². The number of rotatable bonds is 14. The molecule has 5 heterocycles. The Bertz CT molecular complexity index is 2440. The second kappa shape index (κ2) is 38.9. The molecule has 0 aromatic carbocycles. The van der Waals surface area contributed by atoms with Crippen molar-refractivity contribution in [3.63, 3.8) is 0 Å². The van der Waals surface area contributed by atoms with Gasteiger partial charge in [-0.05, 0) is 33.1 Å². The average Bonchev–Trinajstić information content (AvgIpc) is 0.836. The lowest BCUT2D eigenvalue weighted by molar-refractivity contribution is -0.368. The van der Waals surface area contributed by atoms with Crippen LogP contribution in [0.4, 0.5) is 0 Å². The molecule has 93 heavy (non-hydrogen) atoms. The number of nitrogens with two attached hydrogens (primary N) is 1. The third-order valence-corrected chi connectivity index (χ3v) is 17.3. The van der Waals surface area contributed by atoms with Gasteiger partial charge in [-0.25, -0.2) is 0 Å². The summed E-state index contributed by atoms with van der Waals surface area (Å²) in [6.07, 6.45) is -13.9. The summed E-state index contributed by atoms with van der Waals surface area (Å²) in [5, 5.41) is 197. The molecule has 5 unspecified atom stereocenters. The molecular formula is C63H104N4O26. The second-order valence-corrected chi connectivity index (χ2v) is 24.9. The van der Waals surface area contributed by atoms with Gasteiger partial charge in [-0.2, -0.15) is 0 Å². The van der Waals surface area contributed by atoms with Crippen LogP contribution < -0.4 is 21.7 Å². The Morgan fingerprint density at radius 2 is 1.25 bits per heavy atom. The van der Waals surface area contributed by atoms with Crippen LogP contribution in [0.1, 0.15) is 79.1 Å². The highest BCUT2D eigenvalue weighted by Gasteiger charge is 2.55. The van der Waals surface area contributed by atoms with E-state index in [1.54, 1.807) is 92.8 Å². The van der Waals surface area contributed by atoms with E-state index in [4.69, 9.17) is 38.9 Å². The quantitative estimate of drug-likeness (QED) is 0.0570. The number of esters is 1. The fraction of sp³-hybridized carbons (Fsp3) is 0.746. The molecule has 0 aromatic rings. The van der Waals surface area contributed by atoms with Gasteiger partial charge in [-0.1, -0.05) is 98.9 Å². The van der Waals surface area contributed by atoms with Crippen LogP contribution in [0.15, 0.2) is 85.1 Å². The standard InChI is InChI=1S/C63H104N4O26/c1-34-17-15-13-11-9-7-5-6-8-10-12-14-16-18-41(90-60-54(80)50(52(78)37(4)89-60)67-33-63(86)58(83)57(45(75)32-87-63)92-61-56(82)55(81)53(79)47(31-68)91-61)28-46-49(59(84)66-24-23-65-22-21-64)44(74)30-62(85,93-46)29-40(71)26-43(73)42(72)20-19-38(69)25-39(70)27-48(76)88-36(3)35(2)51(34)77/h5-18,34-47,49-58,60-61,65,67-75,77-83,85-86H,19-33,64H2,1-4H3,(H,66,84)/t34-,35?,36-,37+,38+,39+,40-,41-,42+,43+,44-,45+,46?,47+,49?,50-,51+,52+,53-,54-,55-,56+,57+,58-,60?,61?,62+,63+/m0/s1. The summed E-state index contributed by atoms with van der Waals surface area (Å²) in [5.41, 5.74) is 5.61. The van der Waals surface area contributed by atoms with E-state index in [9.17, 15) is 96.4 Å². The van der Waals surface area contributed by atoms with Crippen molar-refractivity contribution in [2.45, 2.75) is 231 Å². The minimum absolute atomic E-state index is 0.0630. The number of aliphatic hydroxyl groups excluding tert-OH is 15. The zero-order chi connectivity index (χ0) is 68.7. The number of aliphatic hydroxyl groups is 17. The van der Waals surface area contributed by atoms with E-state index in [1.165, 1.54) is 13.0 Å². The average molecular weight is 1330 g/mol. The fourth-order valence-corrected chi connectivity index (χ4v) is 11.6. The zero-order valence-corrected chi connectivity index (χ0v) is 53.1. The van der Waals surface area contributed by atoms with Crippen LogP contribution in [0.25, 0.3) is 0 Å². The third-order valence-electron chi connectivity index (χ3n) is 17.3. The highest BCUT2D eigenvalue weighted by Crippen LogP contribution is 2.39. The van der Waals surface area contributed by atoms with Gasteiger partial charge < -0.3 is 142 Å². The summed E-state index contributed by atoms with van der Waals surface area (Å²) < 4.78 is 40.7. The molecule has 5 aliphatic rings. The largest absolute Gasteiger partial charge is 0.462 e. The number of ether oxygens (including phenoxy) is 7. The summed E-state index contributed by atoms with van der Waals surface area (Å²) in [6.45, 7) is 5.35.